The van der Waals surface area contributed by atoms with Crippen LogP contribution in [0, 0.1) is 5.92 Å². The highest BCUT2D eigenvalue weighted by Crippen LogP contribution is 2.28. The molecule has 0 unspecified atom stereocenters. The van der Waals surface area contributed by atoms with Gasteiger partial charge in [0.2, 0.25) is 0 Å². The molecular formula is C9H17N. The van der Waals surface area contributed by atoms with E-state index in [0.29, 0.717) is 0 Å². The lowest BCUT2D eigenvalue weighted by molar-refractivity contribution is 0.0653. The summed E-state index contributed by atoms with van der Waals surface area (Å²) in [5.41, 5.74) is 0. The third kappa shape index (κ3) is 1.07. The maximum absolute atomic E-state index is 2.66. The van der Waals surface area contributed by atoms with Crippen molar-refractivity contribution in [3.63, 3.8) is 0 Å². The second-order valence-electron chi connectivity index (χ2n) is 4.00. The lowest BCUT2D eigenvalue weighted by atomic mass is 9.99. The van der Waals surface area contributed by atoms with E-state index in [-0.39, 0.29) is 0 Å². The Bertz CT molecular complexity index is 110. The molecule has 0 aromatic rings. The molecule has 1 heteroatoms. The highest BCUT2D eigenvalue weighted by Gasteiger charge is 2.30. The molecule has 0 spiro atoms. The largest absolute Gasteiger partial charge is 0.300 e. The molecule has 0 atom stereocenters. The highest BCUT2D eigenvalue weighted by molar-refractivity contribution is 4.85. The van der Waals surface area contributed by atoms with Crippen LogP contribution in [-0.4, -0.2) is 24.0 Å². The van der Waals surface area contributed by atoms with E-state index in [1.807, 2.05) is 0 Å². The van der Waals surface area contributed by atoms with Crippen LogP contribution in [0.5, 0.6) is 0 Å². The van der Waals surface area contributed by atoms with Crippen LogP contribution in [0.3, 0.4) is 0 Å². The number of hydrogen-bond acceptors (Lipinski definition) is 1. The standard InChI is InChI=1S/C9H17N/c1-8-6-10(7-8)9-4-2-3-5-9/h8-9H,2-7H2,1H3. The van der Waals surface area contributed by atoms with Gasteiger partial charge in [-0.25, -0.2) is 0 Å². The molecule has 0 amide bonds. The van der Waals surface area contributed by atoms with Gasteiger partial charge in [-0.3, -0.25) is 4.90 Å². The first-order valence-corrected chi connectivity index (χ1v) is 4.60. The first kappa shape index (κ1) is 6.66. The Labute approximate surface area is 63.4 Å². The lowest BCUT2D eigenvalue weighted by Crippen LogP contribution is -2.49. The number of nitrogens with zero attached hydrogens (tertiary/aromatic N) is 1. The Morgan fingerprint density at radius 1 is 1.10 bits per heavy atom. The molecule has 1 saturated heterocycles. The zero-order chi connectivity index (χ0) is 6.97. The molecule has 1 nitrogen and oxygen atoms in total. The third-order valence-corrected chi connectivity index (χ3v) is 2.93. The van der Waals surface area contributed by atoms with Gasteiger partial charge in [0.05, 0.1) is 0 Å². The lowest BCUT2D eigenvalue weighted by Gasteiger charge is -2.41. The fourth-order valence-corrected chi connectivity index (χ4v) is 2.31. The summed E-state index contributed by atoms with van der Waals surface area (Å²) in [6, 6.07) is 0.983. The van der Waals surface area contributed by atoms with Gasteiger partial charge in [0, 0.05) is 19.1 Å². The van der Waals surface area contributed by atoms with Gasteiger partial charge in [0.25, 0.3) is 0 Å². The molecule has 10 heavy (non-hydrogen) atoms. The van der Waals surface area contributed by atoms with Gasteiger partial charge in [0.15, 0.2) is 0 Å². The van der Waals surface area contributed by atoms with E-state index in [0.717, 1.165) is 12.0 Å². The van der Waals surface area contributed by atoms with Crippen molar-refractivity contribution < 1.29 is 0 Å². The van der Waals surface area contributed by atoms with Crippen molar-refractivity contribution in [2.24, 2.45) is 5.92 Å². The zero-order valence-electron chi connectivity index (χ0n) is 6.84. The maximum atomic E-state index is 2.66. The molecule has 58 valence electrons. The summed E-state index contributed by atoms with van der Waals surface area (Å²) in [4.78, 5) is 2.66. The Kier molecular flexibility index (Phi) is 1.69. The quantitative estimate of drug-likeness (QED) is 0.536. The van der Waals surface area contributed by atoms with Crippen LogP contribution in [0.4, 0.5) is 0 Å². The van der Waals surface area contributed by atoms with Crippen LogP contribution in [0.2, 0.25) is 0 Å². The molecule has 1 saturated carbocycles. The molecule has 0 aromatic carbocycles. The SMILES string of the molecule is CC1CN(C2CCCC2)C1. The van der Waals surface area contributed by atoms with Crippen molar-refractivity contribution in [1.82, 2.24) is 4.90 Å². The van der Waals surface area contributed by atoms with Gasteiger partial charge in [-0.2, -0.15) is 0 Å². The molecular weight excluding hydrogens is 122 g/mol. The molecule has 0 N–H and O–H groups in total. The van der Waals surface area contributed by atoms with E-state index in [1.54, 1.807) is 0 Å². The van der Waals surface area contributed by atoms with Crippen molar-refractivity contribution in [2.45, 2.75) is 38.6 Å². The second-order valence-corrected chi connectivity index (χ2v) is 4.00. The van der Waals surface area contributed by atoms with E-state index in [9.17, 15) is 0 Å². The summed E-state index contributed by atoms with van der Waals surface area (Å²) in [5.74, 6) is 0.987. The predicted molar refractivity (Wildman–Crippen MR) is 43.0 cm³/mol. The molecule has 0 aromatic heterocycles. The average Bonchev–Trinajstić information content (AvgIpc) is 2.31. The Morgan fingerprint density at radius 2 is 1.70 bits per heavy atom. The van der Waals surface area contributed by atoms with Crippen molar-refractivity contribution in [3.8, 4) is 0 Å². The molecule has 1 aliphatic carbocycles. The normalized spacial score (nSPS) is 30.9. The number of rotatable bonds is 1. The number of hydrogen-bond donors (Lipinski definition) is 0. The molecule has 2 rings (SSSR count). The third-order valence-electron chi connectivity index (χ3n) is 2.93. The van der Waals surface area contributed by atoms with Crippen molar-refractivity contribution in [1.29, 1.82) is 0 Å². The first-order chi connectivity index (χ1) is 4.86. The topological polar surface area (TPSA) is 3.24 Å². The van der Waals surface area contributed by atoms with E-state index < -0.39 is 0 Å². The predicted octanol–water partition coefficient (Wildman–Crippen LogP) is 1.88. The van der Waals surface area contributed by atoms with Crippen LogP contribution in [0.1, 0.15) is 32.6 Å². The molecule has 2 aliphatic rings. The van der Waals surface area contributed by atoms with E-state index in [1.165, 1.54) is 38.8 Å². The summed E-state index contributed by atoms with van der Waals surface area (Å²) in [6.07, 6.45) is 5.92. The van der Waals surface area contributed by atoms with Gasteiger partial charge in [0.1, 0.15) is 0 Å². The van der Waals surface area contributed by atoms with Gasteiger partial charge in [-0.05, 0) is 18.8 Å². The molecule has 1 heterocycles. The summed E-state index contributed by atoms with van der Waals surface area (Å²) in [7, 11) is 0. The Morgan fingerprint density at radius 3 is 2.20 bits per heavy atom. The van der Waals surface area contributed by atoms with Gasteiger partial charge < -0.3 is 0 Å². The van der Waals surface area contributed by atoms with Gasteiger partial charge in [-0.1, -0.05) is 19.8 Å². The minimum Gasteiger partial charge on any atom is -0.300 e. The monoisotopic (exact) mass is 139 g/mol. The summed E-state index contributed by atoms with van der Waals surface area (Å²) < 4.78 is 0. The summed E-state index contributed by atoms with van der Waals surface area (Å²) in [5, 5.41) is 0. The van der Waals surface area contributed by atoms with Gasteiger partial charge in [-0.15, -0.1) is 0 Å². The molecule has 1 aliphatic heterocycles. The van der Waals surface area contributed by atoms with Crippen molar-refractivity contribution in [3.05, 3.63) is 0 Å². The van der Waals surface area contributed by atoms with Crippen LogP contribution >= 0.6 is 0 Å². The first-order valence-electron chi connectivity index (χ1n) is 4.60. The van der Waals surface area contributed by atoms with E-state index in [2.05, 4.69) is 11.8 Å². The van der Waals surface area contributed by atoms with Crippen molar-refractivity contribution in [2.75, 3.05) is 13.1 Å². The second kappa shape index (κ2) is 2.54. The molecule has 0 radical (unpaired) electrons. The van der Waals surface area contributed by atoms with Crippen LogP contribution < -0.4 is 0 Å². The molecule has 2 fully saturated rings. The summed E-state index contributed by atoms with van der Waals surface area (Å²) >= 11 is 0. The minimum atomic E-state index is 0.983. The number of likely N-dealkylation sites (tertiary alicyclic amines) is 1. The smallest absolute Gasteiger partial charge is 0.00955 e. The van der Waals surface area contributed by atoms with Gasteiger partial charge >= 0.3 is 0 Å². The van der Waals surface area contributed by atoms with E-state index in [4.69, 9.17) is 0 Å². The Balaban J connectivity index is 1.78. The van der Waals surface area contributed by atoms with Crippen LogP contribution in [0.25, 0.3) is 0 Å². The zero-order valence-corrected chi connectivity index (χ0v) is 6.84. The summed E-state index contributed by atoms with van der Waals surface area (Å²) in [6.45, 7) is 5.11. The highest BCUT2D eigenvalue weighted by atomic mass is 15.2. The average molecular weight is 139 g/mol. The van der Waals surface area contributed by atoms with Crippen LogP contribution in [-0.2, 0) is 0 Å². The van der Waals surface area contributed by atoms with Crippen molar-refractivity contribution >= 4 is 0 Å². The fraction of sp³-hybridized carbons (Fsp3) is 1.00. The molecule has 0 bridgehead atoms. The fourth-order valence-electron chi connectivity index (χ4n) is 2.31. The van der Waals surface area contributed by atoms with E-state index >= 15 is 0 Å². The maximum Gasteiger partial charge on any atom is 0.00955 e. The Hall–Kier alpha value is -0.0400. The minimum absolute atomic E-state index is 0.983. The van der Waals surface area contributed by atoms with Crippen LogP contribution in [0.15, 0.2) is 0 Å².